The topological polar surface area (TPSA) is 161 Å². The van der Waals surface area contributed by atoms with Crippen molar-refractivity contribution in [2.24, 2.45) is 0 Å². The Morgan fingerprint density at radius 3 is 1.47 bits per heavy atom. The number of aromatic nitrogens is 2. The van der Waals surface area contributed by atoms with Gasteiger partial charge in [-0.3, -0.25) is 14.9 Å². The minimum atomic E-state index is -1.75. The normalized spacial score (nSPS) is 10.3. The van der Waals surface area contributed by atoms with E-state index in [9.17, 15) is 0 Å². The Hall–Kier alpha value is -3.50. The summed E-state index contributed by atoms with van der Waals surface area (Å²) in [7, 11) is 0. The Bertz CT molecular complexity index is 845. The largest absolute Gasteiger partial charge is 2.00 e. The maximum atomic E-state index is 8.25. The number of hydrogen-bond donors (Lipinski definition) is 0. The average Bonchev–Trinajstić information content (AvgIpc) is 2.74. The Morgan fingerprint density at radius 2 is 1.12 bits per heavy atom. The summed E-state index contributed by atoms with van der Waals surface area (Å²) in [5.41, 5.74) is 3.46. The second-order valence-corrected chi connectivity index (χ2v) is 6.08. The molecule has 0 aliphatic rings. The van der Waals surface area contributed by atoms with E-state index in [0.29, 0.717) is 6.04 Å². The number of pyridine rings is 2. The van der Waals surface area contributed by atoms with Gasteiger partial charge >= 0.3 is 19.5 Å². The third kappa shape index (κ3) is 12.9. The molecule has 0 spiro atoms. The fourth-order valence-corrected chi connectivity index (χ4v) is 2.67. The summed E-state index contributed by atoms with van der Waals surface area (Å²) in [6.45, 7) is 3.84. The standard InChI is InChI=1S/C20H21N3.2NO3.Zn/c1-17(18-9-3-2-4-10-18)23(15-19-11-5-7-13-21-19)16-20-12-6-8-14-22-20;2*2-1(3)4;/h2-14,17H,15-16H2,1H3;;;/q;2*-1;+2/t17-;;;/m0.../s1. The summed E-state index contributed by atoms with van der Waals surface area (Å²) >= 11 is 0. The van der Waals surface area contributed by atoms with Gasteiger partial charge in [-0.25, -0.2) is 0 Å². The van der Waals surface area contributed by atoms with Crippen LogP contribution >= 0.6 is 0 Å². The summed E-state index contributed by atoms with van der Waals surface area (Å²) in [6, 6.07) is 23.0. The van der Waals surface area contributed by atoms with E-state index >= 15 is 0 Å². The summed E-state index contributed by atoms with van der Waals surface area (Å²) in [4.78, 5) is 27.9. The van der Waals surface area contributed by atoms with Gasteiger partial charge in [0.15, 0.2) is 0 Å². The molecule has 0 aliphatic carbocycles. The molecule has 0 bridgehead atoms. The van der Waals surface area contributed by atoms with Crippen molar-refractivity contribution in [3.05, 3.63) is 127 Å². The van der Waals surface area contributed by atoms with Gasteiger partial charge in [-0.2, -0.15) is 0 Å². The average molecular weight is 493 g/mol. The molecule has 0 N–H and O–H groups in total. The second-order valence-electron chi connectivity index (χ2n) is 6.08. The van der Waals surface area contributed by atoms with Crippen LogP contribution in [0.15, 0.2) is 79.1 Å². The predicted molar refractivity (Wildman–Crippen MR) is 113 cm³/mol. The fourth-order valence-electron chi connectivity index (χ4n) is 2.67. The maximum Gasteiger partial charge on any atom is 2.00 e. The van der Waals surface area contributed by atoms with Gasteiger partial charge in [-0.15, -0.1) is 0 Å². The Kier molecular flexibility index (Phi) is 14.5. The molecule has 3 rings (SSSR count). The zero-order valence-corrected chi connectivity index (χ0v) is 20.4. The van der Waals surface area contributed by atoms with Crippen molar-refractivity contribution in [2.75, 3.05) is 0 Å². The van der Waals surface area contributed by atoms with Gasteiger partial charge in [0, 0.05) is 31.5 Å². The molecule has 0 amide bonds. The smallest absolute Gasteiger partial charge is 0.356 e. The van der Waals surface area contributed by atoms with Crippen molar-refractivity contribution in [1.29, 1.82) is 0 Å². The molecule has 1 aromatic carbocycles. The van der Waals surface area contributed by atoms with Gasteiger partial charge in [0.2, 0.25) is 0 Å². The molecule has 2 heterocycles. The molecule has 3 aromatic rings. The van der Waals surface area contributed by atoms with Crippen LogP contribution in [0.4, 0.5) is 0 Å². The van der Waals surface area contributed by atoms with Crippen LogP contribution in [0.3, 0.4) is 0 Å². The molecule has 11 nitrogen and oxygen atoms in total. The monoisotopic (exact) mass is 491 g/mol. The van der Waals surface area contributed by atoms with E-state index in [4.69, 9.17) is 30.6 Å². The molecule has 0 fully saturated rings. The van der Waals surface area contributed by atoms with Crippen molar-refractivity contribution in [3.63, 3.8) is 0 Å². The fraction of sp³-hybridized carbons (Fsp3) is 0.200. The minimum Gasteiger partial charge on any atom is -0.356 e. The quantitative estimate of drug-likeness (QED) is 0.283. The summed E-state index contributed by atoms with van der Waals surface area (Å²) in [6.07, 6.45) is 3.70. The second kappa shape index (κ2) is 16.2. The predicted octanol–water partition coefficient (Wildman–Crippen LogP) is 3.76. The van der Waals surface area contributed by atoms with Gasteiger partial charge in [0.05, 0.1) is 21.6 Å². The van der Waals surface area contributed by atoms with E-state index in [0.717, 1.165) is 24.5 Å². The molecule has 32 heavy (non-hydrogen) atoms. The van der Waals surface area contributed by atoms with Crippen LogP contribution < -0.4 is 0 Å². The van der Waals surface area contributed by atoms with Crippen molar-refractivity contribution in [1.82, 2.24) is 14.9 Å². The van der Waals surface area contributed by atoms with Gasteiger partial charge in [0.1, 0.15) is 0 Å². The van der Waals surface area contributed by atoms with E-state index in [1.54, 1.807) is 0 Å². The van der Waals surface area contributed by atoms with Crippen molar-refractivity contribution in [3.8, 4) is 0 Å². The number of hydrogen-bond acceptors (Lipinski definition) is 9. The molecular formula is C20H21N5O6Zn. The molecular weight excluding hydrogens is 472 g/mol. The molecule has 0 unspecified atom stereocenters. The first-order valence-electron chi connectivity index (χ1n) is 9.01. The first kappa shape index (κ1) is 28.5. The SMILES string of the molecule is C[C@@H](c1ccccc1)N(Cc1ccccn1)Cc1ccccn1.O=[N+]([O-])[O-].O=[N+]([O-])[O-].[Zn+2]. The Balaban J connectivity index is 0.000000928. The third-order valence-electron chi connectivity index (χ3n) is 4.01. The van der Waals surface area contributed by atoms with E-state index in [2.05, 4.69) is 64.3 Å². The van der Waals surface area contributed by atoms with Gasteiger partial charge < -0.3 is 30.6 Å². The number of benzene rings is 1. The van der Waals surface area contributed by atoms with Crippen molar-refractivity contribution in [2.45, 2.75) is 26.1 Å². The molecule has 0 saturated carbocycles. The van der Waals surface area contributed by atoms with E-state index in [1.807, 2.05) is 36.7 Å². The number of rotatable bonds is 6. The van der Waals surface area contributed by atoms with Gasteiger partial charge in [-0.05, 0) is 36.8 Å². The zero-order valence-electron chi connectivity index (χ0n) is 17.4. The van der Waals surface area contributed by atoms with Gasteiger partial charge in [-0.1, -0.05) is 42.5 Å². The molecule has 0 saturated heterocycles. The van der Waals surface area contributed by atoms with Crippen LogP contribution in [-0.2, 0) is 32.6 Å². The van der Waals surface area contributed by atoms with Gasteiger partial charge in [0.25, 0.3) is 0 Å². The summed E-state index contributed by atoms with van der Waals surface area (Å²) < 4.78 is 0. The first-order valence-corrected chi connectivity index (χ1v) is 9.01. The van der Waals surface area contributed by atoms with Crippen LogP contribution in [0.5, 0.6) is 0 Å². The van der Waals surface area contributed by atoms with Crippen molar-refractivity contribution < 1.29 is 29.7 Å². The third-order valence-corrected chi connectivity index (χ3v) is 4.01. The van der Waals surface area contributed by atoms with Crippen LogP contribution in [-0.4, -0.2) is 25.0 Å². The zero-order chi connectivity index (χ0) is 23.1. The summed E-state index contributed by atoms with van der Waals surface area (Å²) in [5.74, 6) is 0. The van der Waals surface area contributed by atoms with E-state index in [1.165, 1.54) is 5.56 Å². The molecule has 0 aliphatic heterocycles. The molecule has 2 aromatic heterocycles. The maximum absolute atomic E-state index is 8.25. The molecule has 1 atom stereocenters. The molecule has 0 radical (unpaired) electrons. The Labute approximate surface area is 197 Å². The van der Waals surface area contributed by atoms with E-state index < -0.39 is 10.2 Å². The first-order chi connectivity index (χ1) is 14.8. The van der Waals surface area contributed by atoms with Crippen LogP contribution in [0.2, 0.25) is 0 Å². The summed E-state index contributed by atoms with van der Waals surface area (Å²) in [5, 5.41) is 29.5. The van der Waals surface area contributed by atoms with Crippen LogP contribution in [0, 0.1) is 30.6 Å². The van der Waals surface area contributed by atoms with Crippen LogP contribution in [0.1, 0.15) is 29.9 Å². The van der Waals surface area contributed by atoms with Crippen molar-refractivity contribution >= 4 is 0 Å². The molecule has 12 heteroatoms. The minimum absolute atomic E-state index is 0. The number of nitrogens with zero attached hydrogens (tertiary/aromatic N) is 5. The van der Waals surface area contributed by atoms with E-state index in [-0.39, 0.29) is 19.5 Å². The Morgan fingerprint density at radius 1 is 0.750 bits per heavy atom. The van der Waals surface area contributed by atoms with Crippen LogP contribution in [0.25, 0.3) is 0 Å². The molecule has 164 valence electrons.